The Bertz CT molecular complexity index is 849. The van der Waals surface area contributed by atoms with Crippen molar-refractivity contribution in [1.29, 1.82) is 0 Å². The van der Waals surface area contributed by atoms with Crippen LogP contribution in [0.25, 0.3) is 10.9 Å². The number of rotatable bonds is 6. The molecule has 0 amide bonds. The van der Waals surface area contributed by atoms with Crippen molar-refractivity contribution in [3.05, 3.63) is 30.0 Å². The van der Waals surface area contributed by atoms with Gasteiger partial charge in [-0.2, -0.15) is 0 Å². The largest absolute Gasteiger partial charge is 0.497 e. The highest BCUT2D eigenvalue weighted by Gasteiger charge is 2.35. The normalized spacial score (nSPS) is 21.9. The zero-order valence-electron chi connectivity index (χ0n) is 15.9. The minimum absolute atomic E-state index is 0.220. The number of aliphatic carboxylic acids is 2. The predicted molar refractivity (Wildman–Crippen MR) is 101 cm³/mol. The second kappa shape index (κ2) is 7.60. The Morgan fingerprint density at radius 1 is 1.22 bits per heavy atom. The van der Waals surface area contributed by atoms with Gasteiger partial charge in [-0.1, -0.05) is 13.8 Å². The summed E-state index contributed by atoms with van der Waals surface area (Å²) in [6.07, 6.45) is 2.75. The van der Waals surface area contributed by atoms with Crippen LogP contribution in [0.1, 0.15) is 31.9 Å². The van der Waals surface area contributed by atoms with Gasteiger partial charge in [0, 0.05) is 35.8 Å². The van der Waals surface area contributed by atoms with E-state index in [2.05, 4.69) is 13.8 Å². The summed E-state index contributed by atoms with van der Waals surface area (Å²) in [4.78, 5) is 25.5. The number of methoxy groups -OCH3 is 1. The molecule has 7 nitrogen and oxygen atoms in total. The molecule has 146 valence electrons. The zero-order chi connectivity index (χ0) is 19.7. The van der Waals surface area contributed by atoms with Crippen molar-refractivity contribution < 1.29 is 24.5 Å². The van der Waals surface area contributed by atoms with Crippen molar-refractivity contribution in [2.45, 2.75) is 32.9 Å². The number of nitrogens with zero attached hydrogens (tertiary/aromatic N) is 2. The van der Waals surface area contributed by atoms with Crippen molar-refractivity contribution in [2.24, 2.45) is 11.8 Å². The van der Waals surface area contributed by atoms with Crippen molar-refractivity contribution >= 4 is 22.8 Å². The summed E-state index contributed by atoms with van der Waals surface area (Å²) >= 11 is 0. The highest BCUT2D eigenvalue weighted by molar-refractivity contribution is 5.91. The number of carboxylic acid groups (broad SMARTS) is 2. The summed E-state index contributed by atoms with van der Waals surface area (Å²) < 4.78 is 6.90. The summed E-state index contributed by atoms with van der Waals surface area (Å²) in [5, 5.41) is 20.0. The first-order valence-corrected chi connectivity index (χ1v) is 9.15. The second-order valence-corrected chi connectivity index (χ2v) is 7.63. The molecule has 27 heavy (non-hydrogen) atoms. The van der Waals surface area contributed by atoms with Crippen molar-refractivity contribution in [1.82, 2.24) is 9.47 Å². The Morgan fingerprint density at radius 3 is 2.44 bits per heavy atom. The Kier molecular flexibility index (Phi) is 5.41. The van der Waals surface area contributed by atoms with E-state index >= 15 is 0 Å². The molecular weight excluding hydrogens is 348 g/mol. The van der Waals surface area contributed by atoms with Crippen LogP contribution in [-0.4, -0.2) is 51.8 Å². The van der Waals surface area contributed by atoms with Gasteiger partial charge in [-0.05, 0) is 36.5 Å². The van der Waals surface area contributed by atoms with Crippen LogP contribution in [0.5, 0.6) is 5.75 Å². The fraction of sp³-hybridized carbons (Fsp3) is 0.500. The standard InChI is InChI=1S/C20H26N2O5/c1-12-6-13(2)9-22(8-12)19(20(25)26)16-10-21(11-18(23)24)17-5-4-14(27-3)7-15(16)17/h4-5,7,10,12-13,19H,6,8-9,11H2,1-3H3,(H,23,24)(H,25,26)/t12-,13+,19-/m0/s1. The molecule has 0 radical (unpaired) electrons. The Hall–Kier alpha value is -2.54. The summed E-state index contributed by atoms with van der Waals surface area (Å²) in [6, 6.07) is 4.50. The lowest BCUT2D eigenvalue weighted by molar-refractivity contribution is -0.144. The Morgan fingerprint density at radius 2 is 1.89 bits per heavy atom. The number of ether oxygens (including phenoxy) is 1. The van der Waals surface area contributed by atoms with E-state index in [1.54, 1.807) is 36.1 Å². The molecule has 1 aromatic carbocycles. The molecule has 1 fully saturated rings. The molecule has 2 N–H and O–H groups in total. The van der Waals surface area contributed by atoms with E-state index < -0.39 is 18.0 Å². The maximum atomic E-state index is 12.2. The Labute approximate surface area is 158 Å². The van der Waals surface area contributed by atoms with Gasteiger partial charge in [0.25, 0.3) is 0 Å². The van der Waals surface area contributed by atoms with Crippen LogP contribution in [0, 0.1) is 11.8 Å². The van der Waals surface area contributed by atoms with E-state index in [4.69, 9.17) is 4.74 Å². The first kappa shape index (κ1) is 19.2. The van der Waals surface area contributed by atoms with Gasteiger partial charge < -0.3 is 19.5 Å². The smallest absolute Gasteiger partial charge is 0.325 e. The van der Waals surface area contributed by atoms with E-state index in [-0.39, 0.29) is 6.54 Å². The second-order valence-electron chi connectivity index (χ2n) is 7.63. The first-order chi connectivity index (χ1) is 12.8. The van der Waals surface area contributed by atoms with E-state index in [0.29, 0.717) is 47.1 Å². The van der Waals surface area contributed by atoms with E-state index in [1.807, 2.05) is 4.90 Å². The van der Waals surface area contributed by atoms with Gasteiger partial charge in [0.2, 0.25) is 0 Å². The lowest BCUT2D eigenvalue weighted by Gasteiger charge is -2.38. The SMILES string of the molecule is COc1ccc2c(c1)c([C@@H](C(=O)O)N1C[C@H](C)C[C@H](C)C1)cn2CC(=O)O. The van der Waals surface area contributed by atoms with Gasteiger partial charge >= 0.3 is 11.9 Å². The fourth-order valence-electron chi connectivity index (χ4n) is 4.33. The molecule has 1 aliphatic heterocycles. The monoisotopic (exact) mass is 374 g/mol. The average Bonchev–Trinajstić information content (AvgIpc) is 2.90. The first-order valence-electron chi connectivity index (χ1n) is 9.15. The highest BCUT2D eigenvalue weighted by Crippen LogP contribution is 2.35. The van der Waals surface area contributed by atoms with Gasteiger partial charge in [0.1, 0.15) is 18.3 Å². The van der Waals surface area contributed by atoms with Crippen LogP contribution in [0.4, 0.5) is 0 Å². The maximum Gasteiger partial charge on any atom is 0.325 e. The van der Waals surface area contributed by atoms with Crippen LogP contribution in [0.3, 0.4) is 0 Å². The van der Waals surface area contributed by atoms with Gasteiger partial charge in [0.15, 0.2) is 0 Å². The average molecular weight is 374 g/mol. The topological polar surface area (TPSA) is 92.0 Å². The number of carbonyl (C=O) groups is 2. The van der Waals surface area contributed by atoms with Crippen molar-refractivity contribution in [3.63, 3.8) is 0 Å². The minimum atomic E-state index is -0.971. The molecule has 1 saturated heterocycles. The molecule has 3 atom stereocenters. The van der Waals surface area contributed by atoms with Gasteiger partial charge in [0.05, 0.1) is 7.11 Å². The molecular formula is C20H26N2O5. The van der Waals surface area contributed by atoms with E-state index in [0.717, 1.165) is 6.42 Å². The molecule has 0 unspecified atom stereocenters. The number of carboxylic acids is 2. The molecule has 0 spiro atoms. The number of fused-ring (bicyclic) bond motifs is 1. The number of aromatic nitrogens is 1. The van der Waals surface area contributed by atoms with Crippen LogP contribution in [0.2, 0.25) is 0 Å². The number of hydrogen-bond donors (Lipinski definition) is 2. The number of piperidine rings is 1. The van der Waals surface area contributed by atoms with E-state index in [1.165, 1.54) is 0 Å². The molecule has 1 aromatic heterocycles. The number of hydrogen-bond acceptors (Lipinski definition) is 4. The van der Waals surface area contributed by atoms with Crippen LogP contribution in [0.15, 0.2) is 24.4 Å². The fourth-order valence-corrected chi connectivity index (χ4v) is 4.33. The summed E-state index contributed by atoms with van der Waals surface area (Å²) in [5.74, 6) is -0.453. The molecule has 2 aromatic rings. The minimum Gasteiger partial charge on any atom is -0.497 e. The molecule has 0 bridgehead atoms. The third-order valence-corrected chi connectivity index (χ3v) is 5.22. The molecule has 7 heteroatoms. The lowest BCUT2D eigenvalue weighted by Crippen LogP contribution is -2.43. The van der Waals surface area contributed by atoms with Gasteiger partial charge in [-0.15, -0.1) is 0 Å². The zero-order valence-corrected chi connectivity index (χ0v) is 15.9. The Balaban J connectivity index is 2.13. The molecule has 2 heterocycles. The molecule has 0 aliphatic carbocycles. The predicted octanol–water partition coefficient (Wildman–Crippen LogP) is 2.84. The summed E-state index contributed by atoms with van der Waals surface area (Å²) in [6.45, 7) is 5.46. The number of likely N-dealkylation sites (tertiary alicyclic amines) is 1. The molecule has 1 aliphatic rings. The van der Waals surface area contributed by atoms with Crippen molar-refractivity contribution in [2.75, 3.05) is 20.2 Å². The summed E-state index contributed by atoms with van der Waals surface area (Å²) in [7, 11) is 1.55. The molecule has 0 saturated carbocycles. The number of benzene rings is 1. The quantitative estimate of drug-likeness (QED) is 0.808. The summed E-state index contributed by atoms with van der Waals surface area (Å²) in [5.41, 5.74) is 1.30. The van der Waals surface area contributed by atoms with Gasteiger partial charge in [-0.3, -0.25) is 14.5 Å². The van der Waals surface area contributed by atoms with Crippen LogP contribution < -0.4 is 4.74 Å². The maximum absolute atomic E-state index is 12.2. The van der Waals surface area contributed by atoms with Crippen LogP contribution >= 0.6 is 0 Å². The third-order valence-electron chi connectivity index (χ3n) is 5.22. The highest BCUT2D eigenvalue weighted by atomic mass is 16.5. The molecule has 3 rings (SSSR count). The van der Waals surface area contributed by atoms with E-state index in [9.17, 15) is 19.8 Å². The van der Waals surface area contributed by atoms with Gasteiger partial charge in [-0.25, -0.2) is 0 Å². The lowest BCUT2D eigenvalue weighted by atomic mass is 9.89. The third kappa shape index (κ3) is 3.93. The van der Waals surface area contributed by atoms with Crippen molar-refractivity contribution in [3.8, 4) is 5.75 Å². The van der Waals surface area contributed by atoms with Crippen LogP contribution in [-0.2, 0) is 16.1 Å².